The van der Waals surface area contributed by atoms with Gasteiger partial charge in [-0.15, -0.1) is 0 Å². The van der Waals surface area contributed by atoms with E-state index < -0.39 is 5.60 Å². The van der Waals surface area contributed by atoms with Crippen LogP contribution in [0.2, 0.25) is 5.15 Å². The second-order valence-electron chi connectivity index (χ2n) is 3.86. The summed E-state index contributed by atoms with van der Waals surface area (Å²) >= 11 is 5.86. The van der Waals surface area contributed by atoms with Gasteiger partial charge in [-0.1, -0.05) is 11.6 Å². The largest absolute Gasteiger partial charge is 0.388 e. The van der Waals surface area contributed by atoms with Gasteiger partial charge in [0, 0.05) is 6.20 Å². The minimum Gasteiger partial charge on any atom is -0.388 e. The molecule has 0 aromatic carbocycles. The van der Waals surface area contributed by atoms with Crippen molar-refractivity contribution in [2.24, 2.45) is 0 Å². The second-order valence-corrected chi connectivity index (χ2v) is 4.22. The Kier molecular flexibility index (Phi) is 3.34. The van der Waals surface area contributed by atoms with Gasteiger partial charge >= 0.3 is 0 Å². The van der Waals surface area contributed by atoms with Gasteiger partial charge in [-0.25, -0.2) is 4.98 Å². The minimum atomic E-state index is -0.792. The highest BCUT2D eigenvalue weighted by molar-refractivity contribution is 6.31. The molecule has 1 rings (SSSR count). The molecule has 3 nitrogen and oxygen atoms in total. The number of nitrogens with one attached hydrogen (secondary N) is 1. The molecule has 0 aliphatic heterocycles. The average Bonchev–Trinajstić information content (AvgIpc) is 2.07. The van der Waals surface area contributed by atoms with Crippen molar-refractivity contribution in [3.8, 4) is 0 Å². The number of halogens is 1. The topological polar surface area (TPSA) is 45.2 Å². The SMILES string of the molecule is CC(Nc1cccnc1Cl)C(C)(C)O. The van der Waals surface area contributed by atoms with Gasteiger partial charge in [-0.05, 0) is 32.9 Å². The lowest BCUT2D eigenvalue weighted by Crippen LogP contribution is -2.39. The third-order valence-corrected chi connectivity index (χ3v) is 2.49. The fourth-order valence-electron chi connectivity index (χ4n) is 0.904. The molecule has 0 bridgehead atoms. The summed E-state index contributed by atoms with van der Waals surface area (Å²) in [6.45, 7) is 5.38. The van der Waals surface area contributed by atoms with Gasteiger partial charge < -0.3 is 10.4 Å². The van der Waals surface area contributed by atoms with Crippen LogP contribution in [0.1, 0.15) is 20.8 Å². The number of rotatable bonds is 3. The van der Waals surface area contributed by atoms with Gasteiger partial charge in [0.15, 0.2) is 5.15 Å². The maximum absolute atomic E-state index is 9.71. The van der Waals surface area contributed by atoms with Crippen molar-refractivity contribution in [1.82, 2.24) is 4.98 Å². The van der Waals surface area contributed by atoms with Crippen LogP contribution in [0, 0.1) is 0 Å². The third-order valence-electron chi connectivity index (χ3n) is 2.19. The van der Waals surface area contributed by atoms with Crippen LogP contribution >= 0.6 is 11.6 Å². The van der Waals surface area contributed by atoms with Crippen molar-refractivity contribution in [3.05, 3.63) is 23.5 Å². The molecular formula is C10H15ClN2O. The minimum absolute atomic E-state index is 0.0933. The fourth-order valence-corrected chi connectivity index (χ4v) is 1.08. The standard InChI is InChI=1S/C10H15ClN2O/c1-7(10(2,3)14)13-8-5-4-6-12-9(8)11/h4-7,13-14H,1-3H3. The molecule has 0 saturated carbocycles. The fraction of sp³-hybridized carbons (Fsp3) is 0.500. The third kappa shape index (κ3) is 2.86. The number of pyridine rings is 1. The molecule has 4 heteroatoms. The molecule has 14 heavy (non-hydrogen) atoms. The molecule has 1 atom stereocenters. The predicted molar refractivity (Wildman–Crippen MR) is 58.6 cm³/mol. The molecule has 1 aromatic heterocycles. The molecular weight excluding hydrogens is 200 g/mol. The average molecular weight is 215 g/mol. The molecule has 0 aliphatic rings. The van der Waals surface area contributed by atoms with E-state index in [0.29, 0.717) is 5.15 Å². The van der Waals surface area contributed by atoms with Crippen molar-refractivity contribution in [2.75, 3.05) is 5.32 Å². The first-order valence-electron chi connectivity index (χ1n) is 4.50. The zero-order valence-corrected chi connectivity index (χ0v) is 9.34. The van der Waals surface area contributed by atoms with Crippen LogP contribution in [0.3, 0.4) is 0 Å². The van der Waals surface area contributed by atoms with Crippen LogP contribution in [-0.2, 0) is 0 Å². The number of aliphatic hydroxyl groups is 1. The van der Waals surface area contributed by atoms with Crippen LogP contribution in [0.5, 0.6) is 0 Å². The molecule has 0 amide bonds. The lowest BCUT2D eigenvalue weighted by molar-refractivity contribution is 0.0649. The summed E-state index contributed by atoms with van der Waals surface area (Å²) in [6, 6.07) is 3.53. The summed E-state index contributed by atoms with van der Waals surface area (Å²) in [5.74, 6) is 0. The van der Waals surface area contributed by atoms with Crippen molar-refractivity contribution in [3.63, 3.8) is 0 Å². The second kappa shape index (κ2) is 4.15. The summed E-state index contributed by atoms with van der Waals surface area (Å²) in [5.41, 5.74) is -0.0529. The van der Waals surface area contributed by atoms with Crippen molar-refractivity contribution in [1.29, 1.82) is 0 Å². The summed E-state index contributed by atoms with van der Waals surface area (Å²) < 4.78 is 0. The van der Waals surface area contributed by atoms with Gasteiger partial charge in [0.2, 0.25) is 0 Å². The first-order chi connectivity index (χ1) is 6.41. The molecule has 0 radical (unpaired) electrons. The van der Waals surface area contributed by atoms with Crippen LogP contribution in [0.4, 0.5) is 5.69 Å². The Bertz CT molecular complexity index is 309. The van der Waals surface area contributed by atoms with Gasteiger partial charge in [0.1, 0.15) is 0 Å². The Morgan fingerprint density at radius 2 is 2.21 bits per heavy atom. The first-order valence-corrected chi connectivity index (χ1v) is 4.88. The quantitative estimate of drug-likeness (QED) is 0.759. The highest BCUT2D eigenvalue weighted by Crippen LogP contribution is 2.21. The molecule has 0 saturated heterocycles. The van der Waals surface area contributed by atoms with E-state index in [9.17, 15) is 5.11 Å². The number of anilines is 1. The molecule has 1 heterocycles. The number of hydrogen-bond donors (Lipinski definition) is 2. The Labute approximate surface area is 89.1 Å². The predicted octanol–water partition coefficient (Wildman–Crippen LogP) is 2.31. The van der Waals surface area contributed by atoms with Crippen LogP contribution in [-0.4, -0.2) is 21.7 Å². The molecule has 78 valence electrons. The lowest BCUT2D eigenvalue weighted by Gasteiger charge is -2.27. The highest BCUT2D eigenvalue weighted by atomic mass is 35.5. The summed E-state index contributed by atoms with van der Waals surface area (Å²) in [7, 11) is 0. The van der Waals surface area contributed by atoms with E-state index in [1.54, 1.807) is 26.1 Å². The first kappa shape index (κ1) is 11.3. The number of aromatic nitrogens is 1. The lowest BCUT2D eigenvalue weighted by atomic mass is 10.0. The molecule has 0 spiro atoms. The Hall–Kier alpha value is -0.800. The molecule has 0 aliphatic carbocycles. The maximum Gasteiger partial charge on any atom is 0.152 e. The van der Waals surface area contributed by atoms with Crippen molar-refractivity contribution >= 4 is 17.3 Å². The van der Waals surface area contributed by atoms with Crippen LogP contribution in [0.25, 0.3) is 0 Å². The van der Waals surface area contributed by atoms with Gasteiger partial charge in [-0.2, -0.15) is 0 Å². The smallest absolute Gasteiger partial charge is 0.152 e. The van der Waals surface area contributed by atoms with E-state index >= 15 is 0 Å². The maximum atomic E-state index is 9.71. The molecule has 1 unspecified atom stereocenters. The zero-order chi connectivity index (χ0) is 10.8. The van der Waals surface area contributed by atoms with Gasteiger partial charge in [0.05, 0.1) is 17.3 Å². The number of nitrogens with zero attached hydrogens (tertiary/aromatic N) is 1. The van der Waals surface area contributed by atoms with E-state index in [-0.39, 0.29) is 6.04 Å². The summed E-state index contributed by atoms with van der Waals surface area (Å²) in [5, 5.41) is 13.2. The molecule has 0 fully saturated rings. The number of hydrogen-bond acceptors (Lipinski definition) is 3. The monoisotopic (exact) mass is 214 g/mol. The van der Waals surface area contributed by atoms with Gasteiger partial charge in [-0.3, -0.25) is 0 Å². The highest BCUT2D eigenvalue weighted by Gasteiger charge is 2.22. The van der Waals surface area contributed by atoms with E-state index in [4.69, 9.17) is 11.6 Å². The Balaban J connectivity index is 2.75. The van der Waals surface area contributed by atoms with E-state index in [1.165, 1.54) is 0 Å². The van der Waals surface area contributed by atoms with E-state index in [0.717, 1.165) is 5.69 Å². The normalized spacial score (nSPS) is 13.8. The van der Waals surface area contributed by atoms with E-state index in [2.05, 4.69) is 10.3 Å². The molecule has 1 aromatic rings. The van der Waals surface area contributed by atoms with Crippen LogP contribution < -0.4 is 5.32 Å². The molecule has 2 N–H and O–H groups in total. The summed E-state index contributed by atoms with van der Waals surface area (Å²) in [4.78, 5) is 3.94. The zero-order valence-electron chi connectivity index (χ0n) is 8.58. The van der Waals surface area contributed by atoms with Gasteiger partial charge in [0.25, 0.3) is 0 Å². The Morgan fingerprint density at radius 3 is 2.71 bits per heavy atom. The van der Waals surface area contributed by atoms with Crippen LogP contribution in [0.15, 0.2) is 18.3 Å². The Morgan fingerprint density at radius 1 is 1.57 bits per heavy atom. The van der Waals surface area contributed by atoms with Crippen molar-refractivity contribution < 1.29 is 5.11 Å². The summed E-state index contributed by atoms with van der Waals surface area (Å²) in [6.07, 6.45) is 1.63. The van der Waals surface area contributed by atoms with E-state index in [1.807, 2.05) is 13.0 Å². The van der Waals surface area contributed by atoms with Crippen molar-refractivity contribution in [2.45, 2.75) is 32.4 Å².